The van der Waals surface area contributed by atoms with Crippen LogP contribution in [0.5, 0.6) is 5.75 Å². The minimum absolute atomic E-state index is 0.0527. The zero-order chi connectivity index (χ0) is 14.7. The van der Waals surface area contributed by atoms with E-state index in [9.17, 15) is 4.79 Å². The summed E-state index contributed by atoms with van der Waals surface area (Å²) in [5, 5.41) is 11.9. The largest absolute Gasteiger partial charge is 0.488 e. The number of hydrogen-bond donors (Lipinski definition) is 2. The Labute approximate surface area is 122 Å². The number of para-hydroxylation sites is 1. The zero-order valence-corrected chi connectivity index (χ0v) is 11.4. The third-order valence-corrected chi connectivity index (χ3v) is 3.29. The SMILES string of the molecule is O=C(Nc1cccc(CO)c1)C1=Cc2ccccc2OC1. The Morgan fingerprint density at radius 1 is 1.19 bits per heavy atom. The molecule has 0 fully saturated rings. The highest BCUT2D eigenvalue weighted by molar-refractivity contribution is 6.07. The smallest absolute Gasteiger partial charge is 0.255 e. The van der Waals surface area contributed by atoms with Crippen molar-refractivity contribution < 1.29 is 14.6 Å². The fourth-order valence-corrected chi connectivity index (χ4v) is 2.21. The first-order chi connectivity index (χ1) is 10.3. The van der Waals surface area contributed by atoms with Crippen LogP contribution in [0.1, 0.15) is 11.1 Å². The average Bonchev–Trinajstić information content (AvgIpc) is 2.54. The molecule has 0 radical (unpaired) electrons. The molecule has 1 aliphatic rings. The molecule has 0 bridgehead atoms. The highest BCUT2D eigenvalue weighted by Crippen LogP contribution is 2.26. The molecule has 3 rings (SSSR count). The van der Waals surface area contributed by atoms with Crippen LogP contribution in [0, 0.1) is 0 Å². The van der Waals surface area contributed by atoms with Crippen molar-refractivity contribution in [2.45, 2.75) is 6.61 Å². The van der Waals surface area contributed by atoms with E-state index in [0.717, 1.165) is 16.9 Å². The number of aliphatic hydroxyl groups is 1. The molecule has 0 aliphatic carbocycles. The van der Waals surface area contributed by atoms with E-state index >= 15 is 0 Å². The van der Waals surface area contributed by atoms with Crippen LogP contribution in [0.2, 0.25) is 0 Å². The van der Waals surface area contributed by atoms with Crippen LogP contribution in [-0.4, -0.2) is 17.6 Å². The van der Waals surface area contributed by atoms with Gasteiger partial charge in [-0.2, -0.15) is 0 Å². The molecular weight excluding hydrogens is 266 g/mol. The van der Waals surface area contributed by atoms with Crippen LogP contribution in [0.3, 0.4) is 0 Å². The fraction of sp³-hybridized carbons (Fsp3) is 0.118. The van der Waals surface area contributed by atoms with Crippen molar-refractivity contribution in [3.05, 3.63) is 65.2 Å². The molecule has 1 heterocycles. The molecule has 21 heavy (non-hydrogen) atoms. The number of aliphatic hydroxyl groups excluding tert-OH is 1. The second-order valence-corrected chi connectivity index (χ2v) is 4.81. The fourth-order valence-electron chi connectivity index (χ4n) is 2.21. The Balaban J connectivity index is 1.78. The summed E-state index contributed by atoms with van der Waals surface area (Å²) >= 11 is 0. The van der Waals surface area contributed by atoms with E-state index in [2.05, 4.69) is 5.32 Å². The molecule has 1 aliphatic heterocycles. The van der Waals surface area contributed by atoms with Gasteiger partial charge in [-0.15, -0.1) is 0 Å². The van der Waals surface area contributed by atoms with Gasteiger partial charge in [-0.1, -0.05) is 30.3 Å². The molecule has 0 saturated carbocycles. The van der Waals surface area contributed by atoms with Crippen LogP contribution in [0.15, 0.2) is 54.1 Å². The van der Waals surface area contributed by atoms with Gasteiger partial charge in [0.2, 0.25) is 0 Å². The Hall–Kier alpha value is -2.59. The number of rotatable bonds is 3. The van der Waals surface area contributed by atoms with E-state index in [1.165, 1.54) is 0 Å². The first kappa shape index (κ1) is 13.4. The molecule has 4 heteroatoms. The number of nitrogens with one attached hydrogen (secondary N) is 1. The molecular formula is C17H15NO3. The van der Waals surface area contributed by atoms with E-state index in [1.807, 2.05) is 30.3 Å². The van der Waals surface area contributed by atoms with Gasteiger partial charge in [-0.3, -0.25) is 4.79 Å². The van der Waals surface area contributed by atoms with E-state index in [1.54, 1.807) is 24.3 Å². The number of carbonyl (C=O) groups excluding carboxylic acids is 1. The van der Waals surface area contributed by atoms with Crippen molar-refractivity contribution in [2.24, 2.45) is 0 Å². The highest BCUT2D eigenvalue weighted by atomic mass is 16.5. The van der Waals surface area contributed by atoms with Crippen LogP contribution in [-0.2, 0) is 11.4 Å². The Bertz CT molecular complexity index is 707. The van der Waals surface area contributed by atoms with Crippen LogP contribution < -0.4 is 10.1 Å². The maximum atomic E-state index is 12.3. The van der Waals surface area contributed by atoms with Crippen molar-refractivity contribution in [2.75, 3.05) is 11.9 Å². The van der Waals surface area contributed by atoms with Crippen molar-refractivity contribution in [3.63, 3.8) is 0 Å². The van der Waals surface area contributed by atoms with Gasteiger partial charge in [-0.25, -0.2) is 0 Å². The molecule has 0 saturated heterocycles. The second-order valence-electron chi connectivity index (χ2n) is 4.81. The number of ether oxygens (including phenoxy) is 1. The molecule has 0 atom stereocenters. The summed E-state index contributed by atoms with van der Waals surface area (Å²) in [7, 11) is 0. The lowest BCUT2D eigenvalue weighted by molar-refractivity contribution is -0.113. The molecule has 1 amide bonds. The molecule has 106 valence electrons. The summed E-state index contributed by atoms with van der Waals surface area (Å²) in [6.07, 6.45) is 1.84. The van der Waals surface area contributed by atoms with E-state index in [0.29, 0.717) is 11.3 Å². The molecule has 2 aromatic carbocycles. The van der Waals surface area contributed by atoms with Gasteiger partial charge < -0.3 is 15.2 Å². The minimum Gasteiger partial charge on any atom is -0.488 e. The maximum Gasteiger partial charge on any atom is 0.255 e. The highest BCUT2D eigenvalue weighted by Gasteiger charge is 2.16. The minimum atomic E-state index is -0.195. The second kappa shape index (κ2) is 5.81. The number of benzene rings is 2. The van der Waals surface area contributed by atoms with Gasteiger partial charge in [0.15, 0.2) is 0 Å². The van der Waals surface area contributed by atoms with Gasteiger partial charge in [-0.05, 0) is 29.8 Å². The summed E-state index contributed by atoms with van der Waals surface area (Å²) in [4.78, 5) is 12.3. The van der Waals surface area contributed by atoms with Crippen molar-refractivity contribution in [1.82, 2.24) is 0 Å². The third-order valence-electron chi connectivity index (χ3n) is 3.29. The molecule has 2 aromatic rings. The zero-order valence-electron chi connectivity index (χ0n) is 11.4. The Morgan fingerprint density at radius 3 is 2.90 bits per heavy atom. The number of amides is 1. The summed E-state index contributed by atoms with van der Waals surface area (Å²) in [5.74, 6) is 0.593. The van der Waals surface area contributed by atoms with E-state index in [4.69, 9.17) is 9.84 Å². The molecule has 0 spiro atoms. The van der Waals surface area contributed by atoms with E-state index in [-0.39, 0.29) is 19.1 Å². The molecule has 0 aromatic heterocycles. The summed E-state index contributed by atoms with van der Waals surface area (Å²) in [6.45, 7) is 0.200. The summed E-state index contributed by atoms with van der Waals surface area (Å²) < 4.78 is 5.57. The predicted octanol–water partition coefficient (Wildman–Crippen LogP) is 2.59. The number of hydrogen-bond acceptors (Lipinski definition) is 3. The Morgan fingerprint density at radius 2 is 2.05 bits per heavy atom. The lowest BCUT2D eigenvalue weighted by Crippen LogP contribution is -2.21. The van der Waals surface area contributed by atoms with Gasteiger partial charge in [0.05, 0.1) is 12.2 Å². The molecule has 4 nitrogen and oxygen atoms in total. The Kier molecular flexibility index (Phi) is 3.71. The molecule has 0 unspecified atom stereocenters. The lowest BCUT2D eigenvalue weighted by Gasteiger charge is -2.17. The average molecular weight is 281 g/mol. The van der Waals surface area contributed by atoms with Gasteiger partial charge in [0.25, 0.3) is 5.91 Å². The number of fused-ring (bicyclic) bond motifs is 1. The third kappa shape index (κ3) is 2.95. The van der Waals surface area contributed by atoms with Crippen LogP contribution >= 0.6 is 0 Å². The van der Waals surface area contributed by atoms with Crippen molar-refractivity contribution >= 4 is 17.7 Å². The molecule has 2 N–H and O–H groups in total. The number of anilines is 1. The normalized spacial score (nSPS) is 12.9. The van der Waals surface area contributed by atoms with Crippen LogP contribution in [0.25, 0.3) is 6.08 Å². The lowest BCUT2D eigenvalue weighted by atomic mass is 10.1. The van der Waals surface area contributed by atoms with Gasteiger partial charge in [0.1, 0.15) is 12.4 Å². The summed E-state index contributed by atoms with van der Waals surface area (Å²) in [6, 6.07) is 14.7. The topological polar surface area (TPSA) is 58.6 Å². The standard InChI is InChI=1S/C17H15NO3/c19-10-12-4-3-6-15(8-12)18-17(20)14-9-13-5-1-2-7-16(13)21-11-14/h1-9,19H,10-11H2,(H,18,20). The van der Waals surface area contributed by atoms with Crippen molar-refractivity contribution in [1.29, 1.82) is 0 Å². The summed E-state index contributed by atoms with van der Waals surface area (Å²) in [5.41, 5.74) is 2.89. The monoisotopic (exact) mass is 281 g/mol. The first-order valence-corrected chi connectivity index (χ1v) is 6.70. The van der Waals surface area contributed by atoms with Gasteiger partial charge >= 0.3 is 0 Å². The van der Waals surface area contributed by atoms with Gasteiger partial charge in [0, 0.05) is 11.3 Å². The number of carbonyl (C=O) groups is 1. The first-order valence-electron chi connectivity index (χ1n) is 6.70. The van der Waals surface area contributed by atoms with Crippen LogP contribution in [0.4, 0.5) is 5.69 Å². The predicted molar refractivity (Wildman–Crippen MR) is 80.9 cm³/mol. The maximum absolute atomic E-state index is 12.3. The van der Waals surface area contributed by atoms with E-state index < -0.39 is 0 Å². The van der Waals surface area contributed by atoms with Crippen molar-refractivity contribution in [3.8, 4) is 5.75 Å². The quantitative estimate of drug-likeness (QED) is 0.909.